The topological polar surface area (TPSA) is 26.3 Å². The van der Waals surface area contributed by atoms with Crippen LogP contribution in [0.5, 0.6) is 0 Å². The van der Waals surface area contributed by atoms with E-state index in [9.17, 15) is 4.79 Å². The molecule has 16 heavy (non-hydrogen) atoms. The largest absolute Gasteiger partial charge is 0.447 e. The van der Waals surface area contributed by atoms with Gasteiger partial charge < -0.3 is 4.74 Å². The molecule has 0 aromatic heterocycles. The maximum absolute atomic E-state index is 11.6. The Morgan fingerprint density at radius 1 is 1.31 bits per heavy atom. The Hall–Kier alpha value is -0.830. The average molecular weight is 285 g/mol. The van der Waals surface area contributed by atoms with Crippen molar-refractivity contribution in [2.24, 2.45) is 0 Å². The fourth-order valence-electron chi connectivity index (χ4n) is 1.37. The molecule has 1 atom stereocenters. The van der Waals surface area contributed by atoms with Crippen LogP contribution in [0, 0.1) is 0 Å². The van der Waals surface area contributed by atoms with Gasteiger partial charge in [-0.25, -0.2) is 4.79 Å². The molecule has 0 radical (unpaired) electrons. The highest BCUT2D eigenvalue weighted by atomic mass is 79.9. The first-order valence-corrected chi connectivity index (χ1v) is 6.55. The predicted molar refractivity (Wildman–Crippen MR) is 68.7 cm³/mol. The summed E-state index contributed by atoms with van der Waals surface area (Å²) in [6.45, 7) is 2.15. The third-order valence-corrected chi connectivity index (χ3v) is 2.92. The van der Waals surface area contributed by atoms with Crippen molar-refractivity contribution >= 4 is 21.9 Å². The number of hydrogen-bond donors (Lipinski definition) is 0. The van der Waals surface area contributed by atoms with Crippen LogP contribution in [0.3, 0.4) is 0 Å². The number of carbonyl (C=O) groups excluding carboxylic acids is 1. The fraction of sp³-hybridized carbons (Fsp3) is 0.462. The summed E-state index contributed by atoms with van der Waals surface area (Å²) >= 11 is 3.36. The summed E-state index contributed by atoms with van der Waals surface area (Å²) < 4.78 is 5.26. The summed E-state index contributed by atoms with van der Waals surface area (Å²) in [7, 11) is 0. The van der Waals surface area contributed by atoms with E-state index >= 15 is 0 Å². The van der Waals surface area contributed by atoms with Crippen LogP contribution >= 0.6 is 15.9 Å². The van der Waals surface area contributed by atoms with Crippen LogP contribution < -0.4 is 0 Å². The number of alkyl halides is 1. The monoisotopic (exact) mass is 284 g/mol. The van der Waals surface area contributed by atoms with Crippen LogP contribution in [0.2, 0.25) is 0 Å². The van der Waals surface area contributed by atoms with Gasteiger partial charge >= 0.3 is 5.97 Å². The normalized spacial score (nSPS) is 12.1. The molecular formula is C13H17BrO2. The first-order valence-electron chi connectivity index (χ1n) is 5.64. The minimum atomic E-state index is -0.265. The SMILES string of the molecule is CCCCCC(Br)OC(=O)c1ccccc1. The van der Waals surface area contributed by atoms with Gasteiger partial charge in [0.15, 0.2) is 5.01 Å². The molecule has 1 rings (SSSR count). The molecule has 0 fully saturated rings. The number of ether oxygens (including phenoxy) is 1. The molecule has 0 aliphatic heterocycles. The van der Waals surface area contributed by atoms with Crippen LogP contribution in [0.1, 0.15) is 43.0 Å². The Labute approximate surface area is 105 Å². The van der Waals surface area contributed by atoms with Gasteiger partial charge in [0.1, 0.15) is 0 Å². The van der Waals surface area contributed by atoms with Gasteiger partial charge in [-0.15, -0.1) is 0 Å². The molecule has 0 saturated carbocycles. The van der Waals surface area contributed by atoms with Crippen molar-refractivity contribution in [1.82, 2.24) is 0 Å². The molecule has 2 nitrogen and oxygen atoms in total. The first kappa shape index (κ1) is 13.2. The van der Waals surface area contributed by atoms with E-state index in [4.69, 9.17) is 4.74 Å². The van der Waals surface area contributed by atoms with Crippen LogP contribution in [-0.4, -0.2) is 11.0 Å². The molecule has 88 valence electrons. The summed E-state index contributed by atoms with van der Waals surface area (Å²) in [5.74, 6) is -0.265. The van der Waals surface area contributed by atoms with Gasteiger partial charge in [0.2, 0.25) is 0 Å². The number of hydrogen-bond acceptors (Lipinski definition) is 2. The van der Waals surface area contributed by atoms with Gasteiger partial charge in [0.25, 0.3) is 0 Å². The molecule has 0 spiro atoms. The highest BCUT2D eigenvalue weighted by Gasteiger charge is 2.11. The van der Waals surface area contributed by atoms with E-state index in [2.05, 4.69) is 22.9 Å². The standard InChI is InChI=1S/C13H17BrO2/c1-2-3-5-10-12(14)16-13(15)11-8-6-4-7-9-11/h4,6-9,12H,2-3,5,10H2,1H3. The van der Waals surface area contributed by atoms with E-state index in [-0.39, 0.29) is 11.0 Å². The molecule has 0 heterocycles. The van der Waals surface area contributed by atoms with E-state index in [1.807, 2.05) is 18.2 Å². The van der Waals surface area contributed by atoms with E-state index < -0.39 is 0 Å². The summed E-state index contributed by atoms with van der Waals surface area (Å²) in [4.78, 5) is 11.6. The molecule has 1 aromatic carbocycles. The van der Waals surface area contributed by atoms with E-state index in [0.717, 1.165) is 12.8 Å². The second-order valence-electron chi connectivity index (χ2n) is 3.68. The first-order chi connectivity index (χ1) is 7.74. The highest BCUT2D eigenvalue weighted by molar-refractivity contribution is 9.09. The van der Waals surface area contributed by atoms with Gasteiger partial charge in [-0.2, -0.15) is 0 Å². The Bertz CT molecular complexity index is 311. The third kappa shape index (κ3) is 4.79. The molecule has 0 amide bonds. The number of benzene rings is 1. The Balaban J connectivity index is 2.34. The maximum atomic E-state index is 11.6. The second-order valence-corrected chi connectivity index (χ2v) is 4.70. The summed E-state index contributed by atoms with van der Waals surface area (Å²) in [6, 6.07) is 9.06. The van der Waals surface area contributed by atoms with Crippen LogP contribution in [0.15, 0.2) is 30.3 Å². The lowest BCUT2D eigenvalue weighted by Crippen LogP contribution is -2.12. The quantitative estimate of drug-likeness (QED) is 0.446. The van der Waals surface area contributed by atoms with Crippen LogP contribution in [0.4, 0.5) is 0 Å². The Morgan fingerprint density at radius 2 is 2.00 bits per heavy atom. The van der Waals surface area contributed by atoms with E-state index in [1.165, 1.54) is 12.8 Å². The second kappa shape index (κ2) is 7.44. The van der Waals surface area contributed by atoms with Crippen LogP contribution in [0.25, 0.3) is 0 Å². The van der Waals surface area contributed by atoms with Crippen molar-refractivity contribution in [1.29, 1.82) is 0 Å². The summed E-state index contributed by atoms with van der Waals surface area (Å²) in [5, 5.41) is -0.174. The van der Waals surface area contributed by atoms with Gasteiger partial charge in [-0.05, 0) is 40.9 Å². The van der Waals surface area contributed by atoms with Crippen LogP contribution in [-0.2, 0) is 4.74 Å². The summed E-state index contributed by atoms with van der Waals surface area (Å²) in [6.07, 6.45) is 4.29. The van der Waals surface area contributed by atoms with Gasteiger partial charge in [-0.1, -0.05) is 38.0 Å². The molecule has 3 heteroatoms. The molecule has 0 aliphatic rings. The van der Waals surface area contributed by atoms with Gasteiger partial charge in [0.05, 0.1) is 5.56 Å². The highest BCUT2D eigenvalue weighted by Crippen LogP contribution is 2.14. The lowest BCUT2D eigenvalue weighted by molar-refractivity contribution is 0.0455. The molecule has 0 saturated heterocycles. The molecule has 1 unspecified atom stereocenters. The summed E-state index contributed by atoms with van der Waals surface area (Å²) in [5.41, 5.74) is 0.599. The van der Waals surface area contributed by atoms with Crippen molar-refractivity contribution in [3.05, 3.63) is 35.9 Å². The number of unbranched alkanes of at least 4 members (excludes halogenated alkanes) is 2. The average Bonchev–Trinajstić information content (AvgIpc) is 2.30. The Morgan fingerprint density at radius 3 is 2.62 bits per heavy atom. The van der Waals surface area contributed by atoms with Gasteiger partial charge in [-0.3, -0.25) is 0 Å². The predicted octanol–water partition coefficient (Wildman–Crippen LogP) is 4.14. The lowest BCUT2D eigenvalue weighted by atomic mass is 10.2. The Kier molecular flexibility index (Phi) is 6.16. The lowest BCUT2D eigenvalue weighted by Gasteiger charge is -2.11. The molecule has 0 N–H and O–H groups in total. The zero-order valence-corrected chi connectivity index (χ0v) is 11.1. The molecule has 1 aromatic rings. The minimum Gasteiger partial charge on any atom is -0.447 e. The molecular weight excluding hydrogens is 268 g/mol. The number of rotatable bonds is 6. The maximum Gasteiger partial charge on any atom is 0.339 e. The smallest absolute Gasteiger partial charge is 0.339 e. The fourth-order valence-corrected chi connectivity index (χ4v) is 1.87. The zero-order chi connectivity index (χ0) is 11.8. The van der Waals surface area contributed by atoms with E-state index in [1.54, 1.807) is 12.1 Å². The number of esters is 1. The number of carbonyl (C=O) groups is 1. The zero-order valence-electron chi connectivity index (χ0n) is 9.49. The molecule has 0 aliphatic carbocycles. The van der Waals surface area contributed by atoms with Crippen molar-refractivity contribution < 1.29 is 9.53 Å². The van der Waals surface area contributed by atoms with Crippen molar-refractivity contribution in [2.45, 2.75) is 37.6 Å². The van der Waals surface area contributed by atoms with Crippen molar-refractivity contribution in [2.75, 3.05) is 0 Å². The third-order valence-electron chi connectivity index (χ3n) is 2.28. The minimum absolute atomic E-state index is 0.174. The van der Waals surface area contributed by atoms with Crippen molar-refractivity contribution in [3.63, 3.8) is 0 Å². The molecule has 0 bridgehead atoms. The number of halogens is 1. The van der Waals surface area contributed by atoms with Gasteiger partial charge in [0, 0.05) is 0 Å². The van der Waals surface area contributed by atoms with E-state index in [0.29, 0.717) is 5.56 Å². The van der Waals surface area contributed by atoms with Crippen molar-refractivity contribution in [3.8, 4) is 0 Å².